The van der Waals surface area contributed by atoms with Crippen molar-refractivity contribution < 1.29 is 13.2 Å². The molecule has 2 rings (SSSR count). The molecule has 1 saturated heterocycles. The molecule has 1 aliphatic rings. The summed E-state index contributed by atoms with van der Waals surface area (Å²) in [7, 11) is -3.04. The number of carbonyl (C=O) groups is 1. The van der Waals surface area contributed by atoms with Crippen molar-refractivity contribution in [3.8, 4) is 0 Å². The number of nitrogens with one attached hydrogen (secondary N) is 1. The molecule has 1 N–H and O–H groups in total. The van der Waals surface area contributed by atoms with E-state index in [4.69, 9.17) is 0 Å². The highest BCUT2D eigenvalue weighted by Crippen LogP contribution is 2.19. The largest absolute Gasteiger partial charge is 0.335 e. The molecule has 0 unspecified atom stereocenters. The van der Waals surface area contributed by atoms with E-state index in [1.165, 1.54) is 5.56 Å². The first kappa shape index (κ1) is 17.8. The molecular weight excluding hydrogens is 312 g/mol. The summed E-state index contributed by atoms with van der Waals surface area (Å²) < 4.78 is 23.6. The van der Waals surface area contributed by atoms with Gasteiger partial charge < -0.3 is 10.2 Å². The fourth-order valence-electron chi connectivity index (χ4n) is 2.93. The van der Waals surface area contributed by atoms with E-state index < -0.39 is 9.84 Å². The van der Waals surface area contributed by atoms with Gasteiger partial charge in [-0.25, -0.2) is 13.2 Å². The lowest BCUT2D eigenvalue weighted by molar-refractivity contribution is 0.191. The van der Waals surface area contributed by atoms with E-state index in [9.17, 15) is 13.2 Å². The molecule has 128 valence electrons. The number of amides is 2. The van der Waals surface area contributed by atoms with Gasteiger partial charge in [0.05, 0.1) is 11.5 Å². The number of hydrogen-bond donors (Lipinski definition) is 1. The fraction of sp³-hybridized carbons (Fsp3) is 0.588. The van der Waals surface area contributed by atoms with Crippen molar-refractivity contribution >= 4 is 15.9 Å². The molecule has 0 radical (unpaired) electrons. The molecular formula is C17H26N2O3S. The minimum atomic E-state index is -3.04. The Bertz CT molecular complexity index is 630. The Morgan fingerprint density at radius 1 is 1.26 bits per heavy atom. The van der Waals surface area contributed by atoms with E-state index in [1.54, 1.807) is 4.90 Å². The first-order valence-electron chi connectivity index (χ1n) is 8.09. The van der Waals surface area contributed by atoms with Gasteiger partial charge in [-0.3, -0.25) is 0 Å². The van der Waals surface area contributed by atoms with Crippen molar-refractivity contribution in [3.05, 3.63) is 35.9 Å². The summed E-state index contributed by atoms with van der Waals surface area (Å²) in [6, 6.07) is 9.84. The van der Waals surface area contributed by atoms with Crippen LogP contribution in [-0.4, -0.2) is 50.0 Å². The van der Waals surface area contributed by atoms with E-state index >= 15 is 0 Å². The van der Waals surface area contributed by atoms with Gasteiger partial charge in [0, 0.05) is 25.0 Å². The lowest BCUT2D eigenvalue weighted by atomic mass is 9.94. The molecule has 0 aliphatic carbocycles. The second kappa shape index (κ2) is 7.34. The summed E-state index contributed by atoms with van der Waals surface area (Å²) in [5.74, 6) is 0.364. The van der Waals surface area contributed by atoms with Gasteiger partial charge >= 0.3 is 6.03 Å². The van der Waals surface area contributed by atoms with Crippen molar-refractivity contribution in [2.45, 2.75) is 32.7 Å². The Morgan fingerprint density at radius 3 is 2.57 bits per heavy atom. The number of urea groups is 1. The third-order valence-corrected chi connectivity index (χ3v) is 6.34. The van der Waals surface area contributed by atoms with Gasteiger partial charge in [-0.2, -0.15) is 0 Å². The minimum Gasteiger partial charge on any atom is -0.335 e. The number of nitrogens with zero attached hydrogens (tertiary/aromatic N) is 1. The highest BCUT2D eigenvalue weighted by molar-refractivity contribution is 7.91. The smallest absolute Gasteiger partial charge is 0.317 e. The molecule has 1 heterocycles. The Balaban J connectivity index is 1.98. The van der Waals surface area contributed by atoms with Crippen LogP contribution in [0.2, 0.25) is 0 Å². The predicted octanol–water partition coefficient (Wildman–Crippen LogP) is 2.25. The van der Waals surface area contributed by atoms with E-state index in [2.05, 4.69) is 12.2 Å². The molecule has 5 nitrogen and oxygen atoms in total. The first-order chi connectivity index (χ1) is 10.8. The van der Waals surface area contributed by atoms with E-state index in [0.717, 1.165) is 0 Å². The molecule has 1 aromatic carbocycles. The highest BCUT2D eigenvalue weighted by Gasteiger charge is 2.28. The average Bonchev–Trinajstić information content (AvgIpc) is 2.64. The zero-order chi connectivity index (χ0) is 17.0. The normalized spacial score (nSPS) is 23.6. The summed E-state index contributed by atoms with van der Waals surface area (Å²) in [6.45, 7) is 6.69. The maximum absolute atomic E-state index is 12.5. The van der Waals surface area contributed by atoms with Crippen molar-refractivity contribution in [2.24, 2.45) is 5.92 Å². The quantitative estimate of drug-likeness (QED) is 0.919. The van der Waals surface area contributed by atoms with Gasteiger partial charge in [0.15, 0.2) is 9.84 Å². The molecule has 0 spiro atoms. The number of rotatable bonds is 3. The van der Waals surface area contributed by atoms with Crippen LogP contribution in [0.25, 0.3) is 0 Å². The zero-order valence-electron chi connectivity index (χ0n) is 14.0. The zero-order valence-corrected chi connectivity index (χ0v) is 14.8. The molecule has 1 aliphatic heterocycles. The molecule has 1 fully saturated rings. The van der Waals surface area contributed by atoms with Crippen LogP contribution >= 0.6 is 0 Å². The van der Waals surface area contributed by atoms with Crippen LogP contribution in [-0.2, 0) is 9.84 Å². The number of carbonyl (C=O) groups excluding carboxylic acids is 1. The maximum atomic E-state index is 12.5. The number of benzene rings is 1. The topological polar surface area (TPSA) is 66.5 Å². The molecule has 0 bridgehead atoms. The van der Waals surface area contributed by atoms with Crippen molar-refractivity contribution in [2.75, 3.05) is 24.6 Å². The SMILES string of the molecule is C[C@@H]1CN(C(=O)N[C@H](C)[C@H](C)c2ccccc2)CCS(=O)(=O)C1. The summed E-state index contributed by atoms with van der Waals surface area (Å²) in [6.07, 6.45) is 0. The Hall–Kier alpha value is -1.56. The van der Waals surface area contributed by atoms with E-state index in [0.29, 0.717) is 6.54 Å². The number of hydrogen-bond acceptors (Lipinski definition) is 3. The Labute approximate surface area is 139 Å². The van der Waals surface area contributed by atoms with Crippen molar-refractivity contribution in [1.82, 2.24) is 10.2 Å². The first-order valence-corrected chi connectivity index (χ1v) is 9.91. The van der Waals surface area contributed by atoms with Crippen LogP contribution in [0.3, 0.4) is 0 Å². The van der Waals surface area contributed by atoms with Crippen LogP contribution in [0.1, 0.15) is 32.3 Å². The molecule has 3 atom stereocenters. The minimum absolute atomic E-state index is 0.0277. The van der Waals surface area contributed by atoms with Crippen LogP contribution in [0.5, 0.6) is 0 Å². The third kappa shape index (κ3) is 4.96. The molecule has 6 heteroatoms. The van der Waals surface area contributed by atoms with E-state index in [1.807, 2.05) is 44.2 Å². The van der Waals surface area contributed by atoms with Gasteiger partial charge in [-0.1, -0.05) is 44.2 Å². The standard InChI is InChI=1S/C17H26N2O3S/c1-13-11-19(9-10-23(21,22)12-13)17(20)18-15(3)14(2)16-7-5-4-6-8-16/h4-8,13-15H,9-12H2,1-3H3,(H,18,20)/t13-,14+,15-/m1/s1. The predicted molar refractivity (Wildman–Crippen MR) is 92.2 cm³/mol. The molecule has 23 heavy (non-hydrogen) atoms. The second-order valence-corrected chi connectivity index (χ2v) is 8.83. The van der Waals surface area contributed by atoms with E-state index in [-0.39, 0.29) is 42.0 Å². The summed E-state index contributed by atoms with van der Waals surface area (Å²) in [4.78, 5) is 14.1. The highest BCUT2D eigenvalue weighted by atomic mass is 32.2. The van der Waals surface area contributed by atoms with Crippen molar-refractivity contribution in [1.29, 1.82) is 0 Å². The van der Waals surface area contributed by atoms with Gasteiger partial charge in [-0.05, 0) is 18.4 Å². The third-order valence-electron chi connectivity index (χ3n) is 4.46. The summed E-state index contributed by atoms with van der Waals surface area (Å²) in [5, 5.41) is 3.02. The van der Waals surface area contributed by atoms with Crippen LogP contribution in [0.15, 0.2) is 30.3 Å². The monoisotopic (exact) mass is 338 g/mol. The van der Waals surface area contributed by atoms with Crippen LogP contribution in [0, 0.1) is 5.92 Å². The van der Waals surface area contributed by atoms with Crippen LogP contribution in [0.4, 0.5) is 4.79 Å². The van der Waals surface area contributed by atoms with Gasteiger partial charge in [-0.15, -0.1) is 0 Å². The average molecular weight is 338 g/mol. The number of sulfone groups is 1. The van der Waals surface area contributed by atoms with Gasteiger partial charge in [0.2, 0.25) is 0 Å². The molecule has 0 saturated carbocycles. The maximum Gasteiger partial charge on any atom is 0.317 e. The molecule has 1 aromatic rings. The lowest BCUT2D eigenvalue weighted by Gasteiger charge is -2.27. The molecule has 0 aromatic heterocycles. The molecule has 2 amide bonds. The van der Waals surface area contributed by atoms with Crippen molar-refractivity contribution in [3.63, 3.8) is 0 Å². The second-order valence-electron chi connectivity index (χ2n) is 6.60. The van der Waals surface area contributed by atoms with Crippen LogP contribution < -0.4 is 5.32 Å². The Morgan fingerprint density at radius 2 is 1.91 bits per heavy atom. The summed E-state index contributed by atoms with van der Waals surface area (Å²) >= 11 is 0. The summed E-state index contributed by atoms with van der Waals surface area (Å²) in [5.41, 5.74) is 1.17. The lowest BCUT2D eigenvalue weighted by Crippen LogP contribution is -2.47. The van der Waals surface area contributed by atoms with Gasteiger partial charge in [0.1, 0.15) is 0 Å². The van der Waals surface area contributed by atoms with Gasteiger partial charge in [0.25, 0.3) is 0 Å². The fourth-order valence-corrected chi connectivity index (χ4v) is 4.56. The Kier molecular flexibility index (Phi) is 5.68.